The maximum atomic E-state index is 5.44. The molecule has 0 bridgehead atoms. The van der Waals surface area contributed by atoms with Gasteiger partial charge in [0.25, 0.3) is 0 Å². The Hall–Kier alpha value is -7.56. The number of fused-ring (bicyclic) bond motifs is 10. The van der Waals surface area contributed by atoms with Crippen molar-refractivity contribution in [2.75, 3.05) is 0 Å². The van der Waals surface area contributed by atoms with Crippen molar-refractivity contribution < 1.29 is 0 Å². The number of aromatic nitrogens is 4. The smallest absolute Gasteiger partial charge is 0.235 e. The number of hydrogen-bond acceptors (Lipinski definition) is 2. The molecule has 0 atom stereocenters. The lowest BCUT2D eigenvalue weighted by Gasteiger charge is -2.13. The monoisotopic (exact) mass is 726 g/mol. The Labute approximate surface area is 329 Å². The second-order valence-electron chi connectivity index (χ2n) is 15.0. The molecule has 3 aromatic heterocycles. The van der Waals surface area contributed by atoms with Gasteiger partial charge in [-0.1, -0.05) is 158 Å². The summed E-state index contributed by atoms with van der Waals surface area (Å²) >= 11 is 0. The number of para-hydroxylation sites is 2. The lowest BCUT2D eigenvalue weighted by molar-refractivity contribution is 0.985. The molecular weight excluding hydrogens is 693 g/mol. The summed E-state index contributed by atoms with van der Waals surface area (Å²) in [5.41, 5.74) is 17.2. The first-order chi connectivity index (χ1) is 28.3. The van der Waals surface area contributed by atoms with Crippen LogP contribution in [0.2, 0.25) is 0 Å². The highest BCUT2D eigenvalue weighted by atomic mass is 15.2. The van der Waals surface area contributed by atoms with E-state index < -0.39 is 0 Å². The van der Waals surface area contributed by atoms with E-state index in [4.69, 9.17) is 9.97 Å². The normalized spacial score (nSPS) is 12.1. The summed E-state index contributed by atoms with van der Waals surface area (Å²) in [6.45, 7) is 0. The Kier molecular flexibility index (Phi) is 6.96. The maximum absolute atomic E-state index is 5.44. The molecule has 0 fully saturated rings. The van der Waals surface area contributed by atoms with Crippen molar-refractivity contribution in [2.24, 2.45) is 0 Å². The molecule has 57 heavy (non-hydrogen) atoms. The van der Waals surface area contributed by atoms with E-state index in [9.17, 15) is 0 Å². The van der Waals surface area contributed by atoms with Crippen LogP contribution in [0.3, 0.4) is 0 Å². The molecule has 0 unspecified atom stereocenters. The Morgan fingerprint density at radius 3 is 1.61 bits per heavy atom. The topological polar surface area (TPSA) is 35.6 Å². The Morgan fingerprint density at radius 2 is 0.895 bits per heavy atom. The zero-order valence-electron chi connectivity index (χ0n) is 31.0. The molecule has 0 radical (unpaired) electrons. The summed E-state index contributed by atoms with van der Waals surface area (Å²) in [6, 6.07) is 69.7. The van der Waals surface area contributed by atoms with E-state index in [2.05, 4.69) is 203 Å². The maximum Gasteiger partial charge on any atom is 0.235 e. The Bertz CT molecular complexity index is 3360. The highest BCUT2D eigenvalue weighted by Gasteiger charge is 2.28. The molecule has 0 N–H and O–H groups in total. The van der Waals surface area contributed by atoms with Crippen LogP contribution in [0.15, 0.2) is 194 Å². The van der Waals surface area contributed by atoms with E-state index in [-0.39, 0.29) is 0 Å². The van der Waals surface area contributed by atoms with Crippen molar-refractivity contribution in [3.8, 4) is 56.4 Å². The van der Waals surface area contributed by atoms with Crippen molar-refractivity contribution in [2.45, 2.75) is 6.42 Å². The number of nitrogens with zero attached hydrogens (tertiary/aromatic N) is 4. The van der Waals surface area contributed by atoms with Gasteiger partial charge >= 0.3 is 0 Å². The van der Waals surface area contributed by atoms with Crippen LogP contribution in [0.4, 0.5) is 0 Å². The van der Waals surface area contributed by atoms with Crippen molar-refractivity contribution in [1.82, 2.24) is 19.1 Å². The van der Waals surface area contributed by atoms with Crippen molar-refractivity contribution in [1.29, 1.82) is 0 Å². The average Bonchev–Trinajstić information content (AvgIpc) is 3.94. The molecule has 12 rings (SSSR count). The Balaban J connectivity index is 1.08. The quantitative estimate of drug-likeness (QED) is 0.177. The van der Waals surface area contributed by atoms with Crippen molar-refractivity contribution in [3.05, 3.63) is 205 Å². The van der Waals surface area contributed by atoms with Gasteiger partial charge in [0.2, 0.25) is 5.95 Å². The third-order valence-electron chi connectivity index (χ3n) is 11.8. The van der Waals surface area contributed by atoms with E-state index in [1.54, 1.807) is 0 Å². The summed E-state index contributed by atoms with van der Waals surface area (Å²) in [5.74, 6) is 0.685. The Morgan fingerprint density at radius 1 is 0.368 bits per heavy atom. The van der Waals surface area contributed by atoms with Crippen LogP contribution in [-0.4, -0.2) is 19.1 Å². The SMILES string of the molecule is c1ccc(-c2ccc(-c3cccc(-n4c5ccccc5c5c6c7ccccc7n(-c7nc(-c8ccccc8)c8c(n7)-c7ccccc7C8)c6ccc54)c3)cc2)cc1. The lowest BCUT2D eigenvalue weighted by atomic mass is 10.00. The van der Waals surface area contributed by atoms with Gasteiger partial charge in [0, 0.05) is 50.3 Å². The molecule has 1 aliphatic rings. The summed E-state index contributed by atoms with van der Waals surface area (Å²) in [4.78, 5) is 10.9. The third kappa shape index (κ3) is 4.87. The highest BCUT2D eigenvalue weighted by Crippen LogP contribution is 2.44. The zero-order valence-corrected chi connectivity index (χ0v) is 31.0. The van der Waals surface area contributed by atoms with Gasteiger partial charge in [-0.3, -0.25) is 4.57 Å². The van der Waals surface area contributed by atoms with Gasteiger partial charge < -0.3 is 4.57 Å². The van der Waals surface area contributed by atoms with Gasteiger partial charge in [-0.05, 0) is 64.2 Å². The van der Waals surface area contributed by atoms with E-state index in [0.717, 1.165) is 45.6 Å². The number of benzene rings is 8. The fourth-order valence-corrected chi connectivity index (χ4v) is 9.22. The predicted octanol–water partition coefficient (Wildman–Crippen LogP) is 13.2. The lowest BCUT2D eigenvalue weighted by Crippen LogP contribution is -2.05. The average molecular weight is 727 g/mol. The second-order valence-corrected chi connectivity index (χ2v) is 15.0. The van der Waals surface area contributed by atoms with Gasteiger partial charge in [0.05, 0.1) is 33.5 Å². The first kappa shape index (κ1) is 31.8. The van der Waals surface area contributed by atoms with Crippen molar-refractivity contribution in [3.63, 3.8) is 0 Å². The molecule has 0 amide bonds. The summed E-state index contributed by atoms with van der Waals surface area (Å²) in [7, 11) is 0. The molecule has 1 aliphatic carbocycles. The summed E-state index contributed by atoms with van der Waals surface area (Å²) in [5, 5.41) is 4.83. The van der Waals surface area contributed by atoms with Crippen LogP contribution in [0.25, 0.3) is 100 Å². The molecule has 0 saturated heterocycles. The molecule has 3 heterocycles. The minimum atomic E-state index is 0.685. The third-order valence-corrected chi connectivity index (χ3v) is 11.8. The van der Waals surface area contributed by atoms with Crippen LogP contribution >= 0.6 is 0 Å². The molecule has 4 heteroatoms. The van der Waals surface area contributed by atoms with E-state index >= 15 is 0 Å². The van der Waals surface area contributed by atoms with E-state index in [1.807, 2.05) is 0 Å². The number of hydrogen-bond donors (Lipinski definition) is 0. The highest BCUT2D eigenvalue weighted by molar-refractivity contribution is 6.28. The minimum Gasteiger partial charge on any atom is -0.309 e. The van der Waals surface area contributed by atoms with Gasteiger partial charge in [0.15, 0.2) is 0 Å². The molecule has 4 nitrogen and oxygen atoms in total. The minimum absolute atomic E-state index is 0.685. The summed E-state index contributed by atoms with van der Waals surface area (Å²) in [6.07, 6.45) is 0.823. The van der Waals surface area contributed by atoms with Crippen LogP contribution in [0.1, 0.15) is 11.1 Å². The second kappa shape index (κ2) is 12.5. The van der Waals surface area contributed by atoms with Crippen LogP contribution in [0, 0.1) is 0 Å². The number of rotatable bonds is 5. The fraction of sp³-hybridized carbons (Fsp3) is 0.0189. The molecular formula is C53H34N4. The summed E-state index contributed by atoms with van der Waals surface area (Å²) < 4.78 is 4.71. The molecule has 0 aliphatic heterocycles. The van der Waals surface area contributed by atoms with E-state index in [1.165, 1.54) is 66.0 Å². The van der Waals surface area contributed by atoms with Gasteiger partial charge in [-0.2, -0.15) is 0 Å². The van der Waals surface area contributed by atoms with E-state index in [0.29, 0.717) is 5.95 Å². The largest absolute Gasteiger partial charge is 0.309 e. The fourth-order valence-electron chi connectivity index (χ4n) is 9.22. The van der Waals surface area contributed by atoms with Gasteiger partial charge in [-0.15, -0.1) is 0 Å². The zero-order chi connectivity index (χ0) is 37.5. The first-order valence-corrected chi connectivity index (χ1v) is 19.6. The van der Waals surface area contributed by atoms with Gasteiger partial charge in [-0.25, -0.2) is 9.97 Å². The van der Waals surface area contributed by atoms with Crippen molar-refractivity contribution >= 4 is 43.6 Å². The molecule has 8 aromatic carbocycles. The predicted molar refractivity (Wildman–Crippen MR) is 235 cm³/mol. The molecule has 0 saturated carbocycles. The molecule has 266 valence electrons. The molecule has 0 spiro atoms. The van der Waals surface area contributed by atoms with Crippen LogP contribution in [0.5, 0.6) is 0 Å². The first-order valence-electron chi connectivity index (χ1n) is 19.6. The molecule has 11 aromatic rings. The van der Waals surface area contributed by atoms with Gasteiger partial charge in [0.1, 0.15) is 0 Å². The van der Waals surface area contributed by atoms with Crippen LogP contribution in [-0.2, 0) is 6.42 Å². The standard InChI is InChI=1S/C53H34N4/c1-3-14-34(15-4-1)35-26-28-36(29-27-35)38-19-13-20-40(32-38)56-45-24-11-9-22-42(45)49-47(56)30-31-48-50(49)43-23-10-12-25-46(43)57(48)53-54-51(37-16-5-2-6-17-37)44-33-39-18-7-8-21-41(39)52(44)55-53/h1-32H,33H2. The van der Waals surface area contributed by atoms with Crippen LogP contribution < -0.4 is 0 Å².